The first-order chi connectivity index (χ1) is 33.3. The van der Waals surface area contributed by atoms with Gasteiger partial charge in [-0.1, -0.05) is 169 Å². The number of rotatable bonds is 4. The zero-order chi connectivity index (χ0) is 50.2. The summed E-state index contributed by atoms with van der Waals surface area (Å²) in [4.78, 5) is 2.72. The lowest BCUT2D eigenvalue weighted by atomic mass is 9.56. The molecule has 5 aliphatic rings. The van der Waals surface area contributed by atoms with Crippen molar-refractivity contribution in [3.8, 4) is 22.3 Å². The van der Waals surface area contributed by atoms with Crippen molar-refractivity contribution in [3.63, 3.8) is 0 Å². The molecule has 0 saturated carbocycles. The second kappa shape index (κ2) is 15.0. The van der Waals surface area contributed by atoms with E-state index in [4.69, 9.17) is 0 Å². The molecule has 0 amide bonds. The standard InChI is InChI=1S/C68H77BN2/c1-40-32-50-54(67(12,13)31-28-63(50,4)5)39-57(40)71-58-36-45-44-22-18-19-23-47(44)68(14,15)49(45)37-55(58)69-61-59(71)33-41-20-16-17-21-43(41)60(61)46-35-52-53(66(10,11)30-29-65(52,8)9)38-56(46)70-42-24-25-48-51(34-42)64(6,7)27-26-62(48,2)3/h16-25,32-39,69-70H,26-31H2,1-15H3. The SMILES string of the molecule is Cc1cc2c(cc1N1c3cc4c(cc3Bc3c1cc1ccccc1c3-c1cc3c(cc1Nc1ccc5c(c1)C(C)(C)CCC5(C)C)C(C)(C)CCC3(C)C)C(C)(C)c1ccccc1-4)C(C)(C)CCC2(C)C. The van der Waals surface area contributed by atoms with Gasteiger partial charge in [0.25, 0.3) is 0 Å². The maximum atomic E-state index is 4.24. The zero-order valence-corrected chi connectivity index (χ0v) is 45.8. The molecule has 362 valence electrons. The molecule has 0 saturated heterocycles. The van der Waals surface area contributed by atoms with E-state index in [1.165, 1.54) is 155 Å². The molecule has 0 bridgehead atoms. The lowest BCUT2D eigenvalue weighted by Crippen LogP contribution is -2.42. The number of anilines is 5. The van der Waals surface area contributed by atoms with Crippen LogP contribution < -0.4 is 21.1 Å². The highest BCUT2D eigenvalue weighted by molar-refractivity contribution is 6.74. The van der Waals surface area contributed by atoms with Gasteiger partial charge in [-0.3, -0.25) is 0 Å². The maximum absolute atomic E-state index is 4.24. The van der Waals surface area contributed by atoms with Crippen molar-refractivity contribution in [1.82, 2.24) is 0 Å². The van der Waals surface area contributed by atoms with Gasteiger partial charge >= 0.3 is 0 Å². The molecule has 1 N–H and O–H groups in total. The summed E-state index contributed by atoms with van der Waals surface area (Å²) in [5.41, 5.74) is 28.1. The number of hydrogen-bond donors (Lipinski definition) is 1. The predicted octanol–water partition coefficient (Wildman–Crippen LogP) is 17.1. The van der Waals surface area contributed by atoms with Gasteiger partial charge in [-0.05, 0) is 203 Å². The third kappa shape index (κ3) is 6.93. The summed E-state index contributed by atoms with van der Waals surface area (Å²) in [5.74, 6) is 0. The Morgan fingerprint density at radius 2 is 0.972 bits per heavy atom. The van der Waals surface area contributed by atoms with Crippen LogP contribution in [0.1, 0.15) is 186 Å². The molecule has 1 aliphatic heterocycles. The van der Waals surface area contributed by atoms with Gasteiger partial charge in [-0.25, -0.2) is 0 Å². The van der Waals surface area contributed by atoms with E-state index < -0.39 is 0 Å². The molecule has 0 unspecified atom stereocenters. The third-order valence-corrected chi connectivity index (χ3v) is 19.6. The lowest BCUT2D eigenvalue weighted by molar-refractivity contribution is 0.332. The molecule has 0 radical (unpaired) electrons. The van der Waals surface area contributed by atoms with Crippen molar-refractivity contribution in [3.05, 3.63) is 159 Å². The fourth-order valence-electron chi connectivity index (χ4n) is 14.5. The monoisotopic (exact) mass is 933 g/mol. The average molecular weight is 933 g/mol. The summed E-state index contributed by atoms with van der Waals surface area (Å²) in [6, 6.07) is 44.0. The summed E-state index contributed by atoms with van der Waals surface area (Å²) in [7, 11) is 0.844. The second-order valence-corrected chi connectivity index (χ2v) is 27.5. The van der Waals surface area contributed by atoms with E-state index in [2.05, 4.69) is 223 Å². The molecule has 4 aliphatic carbocycles. The van der Waals surface area contributed by atoms with Crippen LogP contribution in [-0.2, 0) is 37.9 Å². The molecule has 3 heteroatoms. The van der Waals surface area contributed by atoms with Crippen molar-refractivity contribution in [2.75, 3.05) is 10.2 Å². The van der Waals surface area contributed by atoms with E-state index in [9.17, 15) is 0 Å². The van der Waals surface area contributed by atoms with Gasteiger partial charge in [0.2, 0.25) is 0 Å². The van der Waals surface area contributed by atoms with Crippen LogP contribution in [0.25, 0.3) is 33.0 Å². The van der Waals surface area contributed by atoms with Crippen molar-refractivity contribution < 1.29 is 0 Å². The molecule has 2 nitrogen and oxygen atoms in total. The highest BCUT2D eigenvalue weighted by Gasteiger charge is 2.43. The zero-order valence-electron chi connectivity index (χ0n) is 45.8. The Morgan fingerprint density at radius 1 is 0.423 bits per heavy atom. The van der Waals surface area contributed by atoms with Crippen LogP contribution in [0, 0.1) is 6.92 Å². The second-order valence-electron chi connectivity index (χ2n) is 27.5. The normalized spacial score (nSPS) is 20.6. The minimum absolute atomic E-state index is 0.0325. The Hall–Kier alpha value is -5.54. The summed E-state index contributed by atoms with van der Waals surface area (Å²) in [6.07, 6.45) is 7.11. The van der Waals surface area contributed by atoms with Crippen LogP contribution in [0.4, 0.5) is 28.4 Å². The van der Waals surface area contributed by atoms with Gasteiger partial charge in [-0.15, -0.1) is 0 Å². The molecule has 0 atom stereocenters. The Kier molecular flexibility index (Phi) is 9.85. The Morgan fingerprint density at radius 3 is 1.63 bits per heavy atom. The fourth-order valence-corrected chi connectivity index (χ4v) is 14.5. The molecule has 71 heavy (non-hydrogen) atoms. The van der Waals surface area contributed by atoms with Crippen molar-refractivity contribution in [2.24, 2.45) is 0 Å². The van der Waals surface area contributed by atoms with Crippen LogP contribution in [0.5, 0.6) is 0 Å². The number of nitrogens with one attached hydrogen (secondary N) is 1. The lowest BCUT2D eigenvalue weighted by Gasteiger charge is -2.44. The summed E-state index contributed by atoms with van der Waals surface area (Å²) in [5, 5.41) is 6.83. The van der Waals surface area contributed by atoms with Crippen molar-refractivity contribution in [2.45, 2.75) is 180 Å². The first-order valence-electron chi connectivity index (χ1n) is 27.2. The molecule has 12 rings (SSSR count). The van der Waals surface area contributed by atoms with Crippen molar-refractivity contribution >= 4 is 57.4 Å². The average Bonchev–Trinajstić information content (AvgIpc) is 3.53. The summed E-state index contributed by atoms with van der Waals surface area (Å²) >= 11 is 0. The molecule has 7 aromatic carbocycles. The molecular formula is C68H77BN2. The quantitative estimate of drug-likeness (QED) is 0.177. The van der Waals surface area contributed by atoms with Crippen LogP contribution in [0.3, 0.4) is 0 Å². The molecule has 7 aromatic rings. The first kappa shape index (κ1) is 46.5. The van der Waals surface area contributed by atoms with Gasteiger partial charge in [0, 0.05) is 39.4 Å². The van der Waals surface area contributed by atoms with Crippen LogP contribution in [0.2, 0.25) is 0 Å². The van der Waals surface area contributed by atoms with Crippen LogP contribution in [-0.4, -0.2) is 7.28 Å². The Labute approximate surface area is 427 Å². The number of hydrogen-bond acceptors (Lipinski definition) is 2. The van der Waals surface area contributed by atoms with E-state index >= 15 is 0 Å². The minimum Gasteiger partial charge on any atom is -0.355 e. The van der Waals surface area contributed by atoms with Crippen LogP contribution >= 0.6 is 0 Å². The summed E-state index contributed by atoms with van der Waals surface area (Å²) in [6.45, 7) is 36.8. The highest BCUT2D eigenvalue weighted by atomic mass is 15.2. The molecule has 0 fully saturated rings. The molecule has 0 spiro atoms. The first-order valence-corrected chi connectivity index (χ1v) is 27.2. The third-order valence-electron chi connectivity index (χ3n) is 19.6. The number of aryl methyl sites for hydroxylation is 1. The Balaban J connectivity index is 1.16. The Bertz CT molecular complexity index is 3420. The largest absolute Gasteiger partial charge is 0.355 e. The van der Waals surface area contributed by atoms with E-state index in [1.807, 2.05) is 0 Å². The van der Waals surface area contributed by atoms with E-state index in [-0.39, 0.29) is 37.9 Å². The molecule has 0 aromatic heterocycles. The van der Waals surface area contributed by atoms with Gasteiger partial charge in [0.1, 0.15) is 0 Å². The molecular weight excluding hydrogens is 856 g/mol. The maximum Gasteiger partial charge on any atom is 0.198 e. The van der Waals surface area contributed by atoms with E-state index in [0.29, 0.717) is 0 Å². The molecule has 1 heterocycles. The minimum atomic E-state index is -0.109. The van der Waals surface area contributed by atoms with E-state index in [1.54, 1.807) is 0 Å². The smallest absolute Gasteiger partial charge is 0.198 e. The van der Waals surface area contributed by atoms with Crippen LogP contribution in [0.15, 0.2) is 109 Å². The van der Waals surface area contributed by atoms with Gasteiger partial charge < -0.3 is 10.2 Å². The van der Waals surface area contributed by atoms with Crippen molar-refractivity contribution in [1.29, 1.82) is 0 Å². The van der Waals surface area contributed by atoms with Gasteiger partial charge in [0.05, 0.1) is 0 Å². The van der Waals surface area contributed by atoms with E-state index in [0.717, 1.165) is 13.7 Å². The number of benzene rings is 7. The number of nitrogens with zero attached hydrogens (tertiary/aromatic N) is 1. The van der Waals surface area contributed by atoms with Gasteiger partial charge in [-0.2, -0.15) is 0 Å². The van der Waals surface area contributed by atoms with Gasteiger partial charge in [0.15, 0.2) is 7.28 Å². The fraction of sp³-hybridized carbons (Fsp3) is 0.412. The topological polar surface area (TPSA) is 15.3 Å². The highest BCUT2D eigenvalue weighted by Crippen LogP contribution is 2.56. The predicted molar refractivity (Wildman–Crippen MR) is 308 cm³/mol. The number of fused-ring (bicyclic) bond motifs is 9. The summed E-state index contributed by atoms with van der Waals surface area (Å²) < 4.78 is 0.